The molecule has 1 unspecified atom stereocenters. The van der Waals surface area contributed by atoms with Gasteiger partial charge in [-0.2, -0.15) is 0 Å². The molecule has 1 aliphatic rings. The Morgan fingerprint density at radius 2 is 2.10 bits per heavy atom. The fourth-order valence-electron chi connectivity index (χ4n) is 3.26. The third-order valence-corrected chi connectivity index (χ3v) is 7.61. The minimum Gasteiger partial charge on any atom is -0.376 e. The minimum absolute atomic E-state index is 0.0416. The predicted molar refractivity (Wildman–Crippen MR) is 118 cm³/mol. The molecule has 1 amide bonds. The second-order valence-electron chi connectivity index (χ2n) is 6.93. The smallest absolute Gasteiger partial charge is 0.261 e. The molecule has 2 aromatic carbocycles. The number of hydrogen-bond donors (Lipinski definition) is 0. The van der Waals surface area contributed by atoms with Gasteiger partial charge in [0.2, 0.25) is 0 Å². The number of fused-ring (bicyclic) bond motifs is 1. The number of aromatic nitrogens is 1. The van der Waals surface area contributed by atoms with Crippen molar-refractivity contribution in [3.63, 3.8) is 0 Å². The van der Waals surface area contributed by atoms with Crippen molar-refractivity contribution < 1.29 is 17.9 Å². The lowest BCUT2D eigenvalue weighted by Crippen LogP contribution is -2.37. The molecule has 3 aromatic rings. The number of ether oxygens (including phenoxy) is 1. The Kier molecular flexibility index (Phi) is 5.74. The van der Waals surface area contributed by atoms with Crippen molar-refractivity contribution in [2.24, 2.45) is 0 Å². The van der Waals surface area contributed by atoms with Crippen molar-refractivity contribution in [3.8, 4) is 0 Å². The van der Waals surface area contributed by atoms with E-state index in [2.05, 4.69) is 20.9 Å². The number of nitrogens with zero attached hydrogens (tertiary/aromatic N) is 2. The van der Waals surface area contributed by atoms with Gasteiger partial charge in [-0.3, -0.25) is 9.69 Å². The Bertz CT molecular complexity index is 1170. The largest absolute Gasteiger partial charge is 0.376 e. The molecule has 1 fully saturated rings. The summed E-state index contributed by atoms with van der Waals surface area (Å²) in [7, 11) is -3.32. The summed E-state index contributed by atoms with van der Waals surface area (Å²) in [6.45, 7) is 1.10. The number of sulfone groups is 1. The van der Waals surface area contributed by atoms with Gasteiger partial charge in [-0.25, -0.2) is 13.4 Å². The van der Waals surface area contributed by atoms with Crippen LogP contribution in [0.15, 0.2) is 51.8 Å². The maximum atomic E-state index is 13.4. The van der Waals surface area contributed by atoms with Crippen LogP contribution in [0.2, 0.25) is 0 Å². The van der Waals surface area contributed by atoms with Gasteiger partial charge in [0.25, 0.3) is 5.91 Å². The highest BCUT2D eigenvalue weighted by molar-refractivity contribution is 9.10. The zero-order valence-electron chi connectivity index (χ0n) is 15.7. The van der Waals surface area contributed by atoms with Gasteiger partial charge in [-0.05, 0) is 59.1 Å². The first-order valence-electron chi connectivity index (χ1n) is 9.11. The topological polar surface area (TPSA) is 76.6 Å². The molecule has 0 spiro atoms. The lowest BCUT2D eigenvalue weighted by atomic mass is 10.2. The van der Waals surface area contributed by atoms with E-state index in [0.29, 0.717) is 33.8 Å². The average Bonchev–Trinajstić information content (AvgIpc) is 3.34. The maximum absolute atomic E-state index is 13.4. The van der Waals surface area contributed by atoms with Crippen LogP contribution in [-0.4, -0.2) is 44.8 Å². The number of amides is 1. The quantitative estimate of drug-likeness (QED) is 0.528. The van der Waals surface area contributed by atoms with Gasteiger partial charge in [-0.15, -0.1) is 0 Å². The van der Waals surface area contributed by atoms with Crippen LogP contribution in [0.5, 0.6) is 0 Å². The van der Waals surface area contributed by atoms with Crippen LogP contribution in [0.1, 0.15) is 23.2 Å². The summed E-state index contributed by atoms with van der Waals surface area (Å²) >= 11 is 4.76. The third kappa shape index (κ3) is 4.37. The standard InChI is InChI=1S/C20H19BrN2O4S2/c1-29(25,26)14-8-9-17-18(11-14)28-20(22-17)23(12-13-5-4-10-27-13)19(24)15-6-2-3-7-16(15)21/h2-3,6-9,11,13H,4-5,10,12H2,1H3. The average molecular weight is 495 g/mol. The number of thiazole rings is 1. The molecule has 29 heavy (non-hydrogen) atoms. The fourth-order valence-corrected chi connectivity index (χ4v) is 5.45. The van der Waals surface area contributed by atoms with E-state index < -0.39 is 9.84 Å². The number of halogens is 1. The van der Waals surface area contributed by atoms with Gasteiger partial charge >= 0.3 is 0 Å². The normalized spacial score (nSPS) is 17.0. The van der Waals surface area contributed by atoms with E-state index in [1.54, 1.807) is 29.2 Å². The molecule has 1 aromatic heterocycles. The van der Waals surface area contributed by atoms with Crippen LogP contribution in [0.25, 0.3) is 10.2 Å². The van der Waals surface area contributed by atoms with Gasteiger partial charge in [0.1, 0.15) is 0 Å². The summed E-state index contributed by atoms with van der Waals surface area (Å²) in [5, 5.41) is 0.530. The van der Waals surface area contributed by atoms with Crippen LogP contribution in [0, 0.1) is 0 Å². The molecule has 0 radical (unpaired) electrons. The fraction of sp³-hybridized carbons (Fsp3) is 0.300. The molecule has 2 heterocycles. The molecule has 1 atom stereocenters. The first-order chi connectivity index (χ1) is 13.8. The molecular weight excluding hydrogens is 476 g/mol. The van der Waals surface area contributed by atoms with Crippen molar-refractivity contribution in [1.29, 1.82) is 0 Å². The summed E-state index contributed by atoms with van der Waals surface area (Å²) in [5.74, 6) is -0.171. The summed E-state index contributed by atoms with van der Waals surface area (Å²) in [5.41, 5.74) is 1.20. The lowest BCUT2D eigenvalue weighted by molar-refractivity contribution is 0.0917. The number of carbonyl (C=O) groups is 1. The number of hydrogen-bond acceptors (Lipinski definition) is 6. The van der Waals surface area contributed by atoms with Gasteiger partial charge in [0, 0.05) is 17.3 Å². The molecule has 9 heteroatoms. The zero-order valence-corrected chi connectivity index (χ0v) is 18.9. The van der Waals surface area contributed by atoms with E-state index in [-0.39, 0.29) is 16.9 Å². The molecule has 6 nitrogen and oxygen atoms in total. The predicted octanol–water partition coefficient (Wildman–Crippen LogP) is 4.29. The molecule has 0 N–H and O–H groups in total. The number of benzene rings is 2. The number of carbonyl (C=O) groups excluding carboxylic acids is 1. The molecule has 0 bridgehead atoms. The third-order valence-electron chi connectivity index (χ3n) is 4.77. The van der Waals surface area contributed by atoms with E-state index in [1.165, 1.54) is 17.6 Å². The van der Waals surface area contributed by atoms with Crippen molar-refractivity contribution in [2.45, 2.75) is 23.8 Å². The molecule has 1 aliphatic heterocycles. The Labute approximate surface area is 181 Å². The maximum Gasteiger partial charge on any atom is 0.261 e. The van der Waals surface area contributed by atoms with Crippen LogP contribution < -0.4 is 4.90 Å². The molecule has 0 saturated carbocycles. The second-order valence-corrected chi connectivity index (χ2v) is 10.8. The van der Waals surface area contributed by atoms with Crippen molar-refractivity contribution in [1.82, 2.24) is 4.98 Å². The zero-order chi connectivity index (χ0) is 20.6. The minimum atomic E-state index is -3.32. The van der Waals surface area contributed by atoms with Crippen molar-refractivity contribution in [3.05, 3.63) is 52.5 Å². The Morgan fingerprint density at radius 3 is 2.79 bits per heavy atom. The highest BCUT2D eigenvalue weighted by Gasteiger charge is 2.28. The highest BCUT2D eigenvalue weighted by atomic mass is 79.9. The first-order valence-corrected chi connectivity index (χ1v) is 12.6. The monoisotopic (exact) mass is 494 g/mol. The molecular formula is C20H19BrN2O4S2. The van der Waals surface area contributed by atoms with E-state index in [1.807, 2.05) is 18.2 Å². The Morgan fingerprint density at radius 1 is 1.31 bits per heavy atom. The Balaban J connectivity index is 1.76. The molecule has 152 valence electrons. The summed E-state index contributed by atoms with van der Waals surface area (Å²) < 4.78 is 30.9. The van der Waals surface area contributed by atoms with Crippen LogP contribution in [0.4, 0.5) is 5.13 Å². The van der Waals surface area contributed by atoms with Crippen LogP contribution >= 0.6 is 27.3 Å². The van der Waals surface area contributed by atoms with E-state index >= 15 is 0 Å². The summed E-state index contributed by atoms with van der Waals surface area (Å²) in [4.78, 5) is 19.9. The van der Waals surface area contributed by atoms with Gasteiger partial charge < -0.3 is 4.74 Å². The first kappa shape index (κ1) is 20.5. The van der Waals surface area contributed by atoms with E-state index in [0.717, 1.165) is 17.5 Å². The number of rotatable bonds is 5. The molecule has 1 saturated heterocycles. The summed E-state index contributed by atoms with van der Waals surface area (Å²) in [6, 6.07) is 12.1. The summed E-state index contributed by atoms with van der Waals surface area (Å²) in [6.07, 6.45) is 3.00. The number of anilines is 1. The van der Waals surface area contributed by atoms with E-state index in [9.17, 15) is 13.2 Å². The lowest BCUT2D eigenvalue weighted by Gasteiger charge is -2.23. The van der Waals surface area contributed by atoms with E-state index in [4.69, 9.17) is 4.74 Å². The van der Waals surface area contributed by atoms with Crippen LogP contribution in [-0.2, 0) is 14.6 Å². The highest BCUT2D eigenvalue weighted by Crippen LogP contribution is 2.33. The van der Waals surface area contributed by atoms with Gasteiger partial charge in [-0.1, -0.05) is 23.5 Å². The van der Waals surface area contributed by atoms with Crippen molar-refractivity contribution in [2.75, 3.05) is 24.3 Å². The van der Waals surface area contributed by atoms with Gasteiger partial charge in [0.05, 0.1) is 33.3 Å². The second kappa shape index (κ2) is 8.14. The van der Waals surface area contributed by atoms with Crippen LogP contribution in [0.3, 0.4) is 0 Å². The van der Waals surface area contributed by atoms with Gasteiger partial charge in [0.15, 0.2) is 15.0 Å². The molecule has 4 rings (SSSR count). The molecule has 0 aliphatic carbocycles. The Hall–Kier alpha value is -1.81. The van der Waals surface area contributed by atoms with Crippen molar-refractivity contribution >= 4 is 58.4 Å². The SMILES string of the molecule is CS(=O)(=O)c1ccc2nc(N(CC3CCCO3)C(=O)c3ccccc3Br)sc2c1.